The van der Waals surface area contributed by atoms with E-state index in [1.165, 1.54) is 13.8 Å². The van der Waals surface area contributed by atoms with Crippen LogP contribution in [0.4, 0.5) is 0 Å². The first-order valence-electron chi connectivity index (χ1n) is 24.0. The van der Waals surface area contributed by atoms with Crippen molar-refractivity contribution in [3.63, 3.8) is 0 Å². The van der Waals surface area contributed by atoms with Crippen LogP contribution in [-0.4, -0.2) is 148 Å². The zero-order valence-corrected chi connectivity index (χ0v) is 42.6. The Hall–Kier alpha value is -6.50. The zero-order valence-electron chi connectivity index (χ0n) is 40.9. The molecule has 2 heterocycles. The van der Waals surface area contributed by atoms with Crippen LogP contribution in [0.15, 0.2) is 91.1 Å². The molecule has 0 bridgehead atoms. The summed E-state index contributed by atoms with van der Waals surface area (Å²) in [5.74, 6) is -7.23. The number of hydrogen-bond donors (Lipinski definition) is 13. The number of fused-ring (bicyclic) bond motifs is 1. The van der Waals surface area contributed by atoms with Crippen LogP contribution >= 0.6 is 21.6 Å². The van der Waals surface area contributed by atoms with Gasteiger partial charge in [0.25, 0.3) is 0 Å². The molecule has 3 aromatic carbocycles. The van der Waals surface area contributed by atoms with Crippen LogP contribution in [0.25, 0.3) is 10.9 Å². The molecule has 73 heavy (non-hydrogen) atoms. The summed E-state index contributed by atoms with van der Waals surface area (Å²) in [4.78, 5) is 116. The Kier molecular flexibility index (Phi) is 22.5. The van der Waals surface area contributed by atoms with Gasteiger partial charge in [0.15, 0.2) is 0 Å². The molecule has 0 spiro atoms. The van der Waals surface area contributed by atoms with Gasteiger partial charge in [0.1, 0.15) is 42.3 Å². The highest BCUT2D eigenvalue weighted by Gasteiger charge is 2.37. The topological polar surface area (TPSA) is 341 Å². The molecule has 15 N–H and O–H groups in total. The van der Waals surface area contributed by atoms with Crippen LogP contribution in [0, 0.1) is 0 Å². The first kappa shape index (κ1) is 57.4. The second-order valence-corrected chi connectivity index (χ2v) is 20.4. The number of aromatic amines is 1. The third kappa shape index (κ3) is 17.3. The lowest BCUT2D eigenvalue weighted by molar-refractivity contribution is -0.137. The van der Waals surface area contributed by atoms with Gasteiger partial charge in [-0.25, -0.2) is 0 Å². The number of carbonyl (C=O) groups is 8. The monoisotopic (exact) mass is 1050 g/mol. The summed E-state index contributed by atoms with van der Waals surface area (Å²) < 4.78 is 0. The average molecular weight is 1050 g/mol. The Morgan fingerprint density at radius 3 is 1.93 bits per heavy atom. The van der Waals surface area contributed by atoms with Gasteiger partial charge in [0.05, 0.1) is 18.2 Å². The van der Waals surface area contributed by atoms with E-state index in [1.54, 1.807) is 43.6 Å². The van der Waals surface area contributed by atoms with Crippen molar-refractivity contribution in [1.82, 2.24) is 47.5 Å². The van der Waals surface area contributed by atoms with Crippen LogP contribution < -0.4 is 54.0 Å². The minimum Gasteiger partial charge on any atom is -0.391 e. The minimum atomic E-state index is -1.71. The summed E-state index contributed by atoms with van der Waals surface area (Å²) in [7, 11) is 3.62. The molecule has 394 valence electrons. The van der Waals surface area contributed by atoms with Gasteiger partial charge in [-0.15, -0.1) is 0 Å². The van der Waals surface area contributed by atoms with E-state index in [2.05, 4.69) is 47.5 Å². The van der Waals surface area contributed by atoms with Crippen molar-refractivity contribution < 1.29 is 48.6 Å². The van der Waals surface area contributed by atoms with E-state index in [1.807, 2.05) is 54.6 Å². The van der Waals surface area contributed by atoms with Crippen LogP contribution in [0.3, 0.4) is 0 Å². The Labute approximate surface area is 431 Å². The van der Waals surface area contributed by atoms with Gasteiger partial charge in [-0.2, -0.15) is 0 Å². The van der Waals surface area contributed by atoms with Gasteiger partial charge >= 0.3 is 0 Å². The van der Waals surface area contributed by atoms with Gasteiger partial charge in [0.2, 0.25) is 47.3 Å². The number of para-hydroxylation sites is 1. The summed E-state index contributed by atoms with van der Waals surface area (Å²) in [6, 6.07) is 14.5. The number of H-pyrrole nitrogens is 1. The maximum atomic E-state index is 14.8. The number of aromatic nitrogens is 1. The number of unbranched alkanes of at least 4 members (excludes halogenated alkanes) is 1. The molecule has 0 radical (unpaired) electrons. The summed E-state index contributed by atoms with van der Waals surface area (Å²) in [5.41, 5.74) is 14.2. The van der Waals surface area contributed by atoms with Crippen molar-refractivity contribution in [3.8, 4) is 0 Å². The SMILES string of the molecule is CN[C@H](Cc1ccccc1)C(=O)N[C@H]1CSSC[C@@H](C(=O)N[C@H](C(N)=O)[C@@H](C)O)NC(=O)[C@H]([C@@H](C)O)NC(=O)[C@H](CCCCN)NC(=O)[C@@H](Cc2c[nH]c3ccccc23)NC(=O)[C@H](Cc2ccccc2)NC1=O. The predicted molar refractivity (Wildman–Crippen MR) is 279 cm³/mol. The number of nitrogens with one attached hydrogen (secondary N) is 9. The summed E-state index contributed by atoms with van der Waals surface area (Å²) in [6.07, 6.45) is -0.371. The maximum absolute atomic E-state index is 14.8. The van der Waals surface area contributed by atoms with Crippen molar-refractivity contribution in [2.45, 2.75) is 113 Å². The number of primary amides is 1. The second-order valence-electron chi connectivity index (χ2n) is 17.8. The fraction of sp³-hybridized carbons (Fsp3) is 0.440. The maximum Gasteiger partial charge on any atom is 0.245 e. The number of rotatable bonds is 18. The Bertz CT molecular complexity index is 2500. The number of aliphatic hydroxyl groups excluding tert-OH is 2. The Morgan fingerprint density at radius 2 is 1.30 bits per heavy atom. The number of likely N-dealkylation sites (N-methyl/N-ethyl adjacent to an activating group) is 1. The van der Waals surface area contributed by atoms with E-state index in [4.69, 9.17) is 11.5 Å². The van der Waals surface area contributed by atoms with Crippen molar-refractivity contribution in [3.05, 3.63) is 108 Å². The van der Waals surface area contributed by atoms with Gasteiger partial charge in [-0.3, -0.25) is 38.4 Å². The highest BCUT2D eigenvalue weighted by atomic mass is 33.1. The predicted octanol–water partition coefficient (Wildman–Crippen LogP) is -1.05. The fourth-order valence-corrected chi connectivity index (χ4v) is 10.3. The van der Waals surface area contributed by atoms with E-state index < -0.39 is 108 Å². The van der Waals surface area contributed by atoms with E-state index >= 15 is 0 Å². The third-order valence-electron chi connectivity index (χ3n) is 12.1. The van der Waals surface area contributed by atoms with Gasteiger partial charge in [0, 0.05) is 41.4 Å². The second kappa shape index (κ2) is 28.7. The van der Waals surface area contributed by atoms with Crippen LogP contribution in [-0.2, 0) is 57.6 Å². The van der Waals surface area contributed by atoms with E-state index in [0.717, 1.165) is 38.1 Å². The lowest BCUT2D eigenvalue weighted by Crippen LogP contribution is -2.62. The number of hydrogen-bond acceptors (Lipinski definition) is 14. The van der Waals surface area contributed by atoms with Crippen LogP contribution in [0.1, 0.15) is 49.8 Å². The molecular weight excluding hydrogens is 979 g/mol. The molecule has 23 heteroatoms. The molecule has 0 unspecified atom stereocenters. The molecule has 5 rings (SSSR count). The van der Waals surface area contributed by atoms with E-state index in [-0.39, 0.29) is 43.7 Å². The average Bonchev–Trinajstić information content (AvgIpc) is 3.78. The highest BCUT2D eigenvalue weighted by molar-refractivity contribution is 8.76. The van der Waals surface area contributed by atoms with Gasteiger partial charge in [-0.05, 0) is 75.9 Å². The highest BCUT2D eigenvalue weighted by Crippen LogP contribution is 2.24. The molecule has 1 saturated heterocycles. The first-order chi connectivity index (χ1) is 35.0. The fourth-order valence-electron chi connectivity index (χ4n) is 8.02. The van der Waals surface area contributed by atoms with Crippen molar-refractivity contribution >= 4 is 79.7 Å². The molecular formula is C50H67N11O10S2. The lowest BCUT2D eigenvalue weighted by Gasteiger charge is -2.29. The number of amides is 8. The smallest absolute Gasteiger partial charge is 0.245 e. The van der Waals surface area contributed by atoms with Gasteiger partial charge in [-0.1, -0.05) is 100 Å². The number of carbonyl (C=O) groups excluding carboxylic acids is 8. The minimum absolute atomic E-state index is 0.0168. The number of benzene rings is 3. The quantitative estimate of drug-likeness (QED) is 0.0418. The summed E-state index contributed by atoms with van der Waals surface area (Å²) in [5, 5.41) is 43.6. The van der Waals surface area contributed by atoms with Crippen molar-refractivity contribution in [2.24, 2.45) is 11.5 Å². The van der Waals surface area contributed by atoms with Crippen molar-refractivity contribution in [1.29, 1.82) is 0 Å². The van der Waals surface area contributed by atoms with Crippen LogP contribution in [0.2, 0.25) is 0 Å². The molecule has 1 fully saturated rings. The molecule has 1 aliphatic heterocycles. The first-order valence-corrected chi connectivity index (χ1v) is 26.5. The summed E-state index contributed by atoms with van der Waals surface area (Å²) >= 11 is 0. The Balaban J connectivity index is 1.58. The molecule has 0 saturated carbocycles. The number of nitrogens with two attached hydrogens (primary N) is 2. The third-order valence-corrected chi connectivity index (χ3v) is 14.6. The Morgan fingerprint density at radius 1 is 0.712 bits per heavy atom. The molecule has 0 aliphatic carbocycles. The standard InChI is InChI=1S/C50H67N11O10S2/c1-28(62)41(43(52)64)60-49(70)40-27-73-72-26-39(58-45(66)36(53-3)22-30-14-6-4-7-15-30)48(69)56-37(23-31-16-8-5-9-17-31)46(67)57-38(24-32-25-54-34-19-11-10-18-33(32)34)47(68)55-35(20-12-13-21-51)44(65)61-42(29(2)63)50(71)59-40/h4-11,14-19,25,28-29,35-42,53-54,62-63H,12-13,20-24,26-27,51H2,1-3H3,(H2,52,64)(H,55,68)(H,56,69)(H,57,67)(H,58,66)(H,59,71)(H,60,70)(H,61,65)/t28-,29-,35+,36-,37+,38-,39+,40+,41+,42+/m1/s1. The normalized spacial score (nSPS) is 22.5. The largest absolute Gasteiger partial charge is 0.391 e. The molecule has 10 atom stereocenters. The zero-order chi connectivity index (χ0) is 53.0. The molecule has 1 aromatic heterocycles. The van der Waals surface area contributed by atoms with E-state index in [0.29, 0.717) is 24.0 Å². The summed E-state index contributed by atoms with van der Waals surface area (Å²) in [6.45, 7) is 2.72. The molecule has 21 nitrogen and oxygen atoms in total. The molecule has 8 amide bonds. The molecule has 4 aromatic rings. The molecule has 1 aliphatic rings. The van der Waals surface area contributed by atoms with Gasteiger partial charge < -0.3 is 69.2 Å². The van der Waals surface area contributed by atoms with E-state index in [9.17, 15) is 48.6 Å². The van der Waals surface area contributed by atoms with Crippen LogP contribution in [0.5, 0.6) is 0 Å². The van der Waals surface area contributed by atoms with Crippen molar-refractivity contribution in [2.75, 3.05) is 25.1 Å². The number of aliphatic hydroxyl groups is 2. The lowest BCUT2D eigenvalue weighted by atomic mass is 10.0.